The van der Waals surface area contributed by atoms with Crippen molar-refractivity contribution in [1.82, 2.24) is 55.4 Å². The van der Waals surface area contributed by atoms with Crippen LogP contribution in [-0.2, 0) is 44.8 Å². The maximum Gasteiger partial charge on any atom is 0.326 e. The number of amides is 3. The monoisotopic (exact) mass is 1190 g/mol. The number of benzene rings is 1. The first kappa shape index (κ1) is 69.0. The summed E-state index contributed by atoms with van der Waals surface area (Å²) in [7, 11) is 1.73. The SMILES string of the molecule is CNc1nc(Nc2ccc(CC3CN(CC(=O)O)CCN(CC(=O)O)CCN(CC(=O)O)CCN3CC(=O)O)cc2)nc(N2CCN(CCCCCCCCCCC(=O)NCCCC[C@H](NC(=O)N[C@@H](CCC(=O)O)C(=O)O)C(=O)O)CC2)n1. The zero-order chi connectivity index (χ0) is 61.4. The van der Waals surface area contributed by atoms with Crippen molar-refractivity contribution in [3.8, 4) is 0 Å². The van der Waals surface area contributed by atoms with Crippen LogP contribution in [0.3, 0.4) is 0 Å². The zero-order valence-electron chi connectivity index (χ0n) is 48.0. The fourth-order valence-electron chi connectivity index (χ4n) is 9.94. The van der Waals surface area contributed by atoms with Crippen molar-refractivity contribution in [2.24, 2.45) is 0 Å². The minimum atomic E-state index is -1.49. The molecule has 1 unspecified atom stereocenters. The number of urea groups is 1. The Bertz CT molecular complexity index is 2440. The number of hydrogen-bond donors (Lipinski definition) is 12. The number of carbonyl (C=O) groups is 9. The lowest BCUT2D eigenvalue weighted by molar-refractivity contribution is -0.142. The number of aliphatic carboxylic acids is 7. The summed E-state index contributed by atoms with van der Waals surface area (Å²) in [4.78, 5) is 131. The maximum absolute atomic E-state index is 12.3. The van der Waals surface area contributed by atoms with Gasteiger partial charge in [-0.05, 0) is 69.2 Å². The highest BCUT2D eigenvalue weighted by Crippen LogP contribution is 2.22. The third kappa shape index (κ3) is 28.2. The van der Waals surface area contributed by atoms with Crippen molar-refractivity contribution in [2.45, 2.75) is 114 Å². The molecular weight excluding hydrogens is 1100 g/mol. The highest BCUT2D eigenvalue weighted by molar-refractivity contribution is 5.86. The first-order valence-electron chi connectivity index (χ1n) is 28.7. The Kier molecular flexibility index (Phi) is 30.9. The van der Waals surface area contributed by atoms with E-state index in [0.29, 0.717) is 55.8 Å². The molecule has 1 aromatic carbocycles. The van der Waals surface area contributed by atoms with Crippen molar-refractivity contribution in [3.05, 3.63) is 29.8 Å². The zero-order valence-corrected chi connectivity index (χ0v) is 48.0. The number of unbranched alkanes of at least 4 members (excludes halogenated alkanes) is 8. The molecule has 0 aliphatic carbocycles. The van der Waals surface area contributed by atoms with Crippen LogP contribution in [0.5, 0.6) is 0 Å². The number of carboxylic acids is 7. The van der Waals surface area contributed by atoms with Crippen LogP contribution < -0.4 is 31.5 Å². The van der Waals surface area contributed by atoms with Gasteiger partial charge in [-0.3, -0.25) is 53.3 Å². The van der Waals surface area contributed by atoms with E-state index < -0.39 is 72.4 Å². The lowest BCUT2D eigenvalue weighted by atomic mass is 10.0. The van der Waals surface area contributed by atoms with E-state index in [4.69, 9.17) is 10.1 Å². The first-order chi connectivity index (χ1) is 40.1. The summed E-state index contributed by atoms with van der Waals surface area (Å²) in [5, 5.41) is 79.9. The molecule has 0 radical (unpaired) electrons. The number of carbonyl (C=O) groups excluding carboxylic acids is 2. The predicted octanol–water partition coefficient (Wildman–Crippen LogP) is 1.12. The standard InChI is InChI=1S/C54H86N14O16/c1-55-51-60-52(57-39-16-14-38(15-17-39)32-40-33-66(36-47(76)77)25-24-64(34-45(72)73)22-23-65(35-46(74)75)28-31-68(40)37-48(78)79)62-53(61-51)67-29-26-63(27-30-67)21-11-7-5-3-2-4-6-8-13-43(69)56-20-10-9-12-41(49(80)81)58-54(84)59-42(50(82)83)18-19-44(70)71/h14-17,40-42H,2-13,18-37H2,1H3,(H,56,69)(H,70,71)(H,72,73)(H,74,75)(H,76,77)(H,78,79)(H,80,81)(H,82,83)(H2,58,59,84)(H2,55,57,60,61,62)/t40?,41-,42-/m0/s1. The van der Waals surface area contributed by atoms with Gasteiger partial charge >= 0.3 is 47.8 Å². The topological polar surface area (TPSA) is 414 Å². The summed E-state index contributed by atoms with van der Waals surface area (Å²) in [6.45, 7) is 4.47. The van der Waals surface area contributed by atoms with Gasteiger partial charge in [-0.1, -0.05) is 50.7 Å². The number of anilines is 4. The second-order valence-corrected chi connectivity index (χ2v) is 21.1. The fraction of sp³-hybridized carbons (Fsp3) is 0.667. The van der Waals surface area contributed by atoms with Crippen LogP contribution in [0.2, 0.25) is 0 Å². The minimum Gasteiger partial charge on any atom is -0.481 e. The highest BCUT2D eigenvalue weighted by atomic mass is 16.4. The summed E-state index contributed by atoms with van der Waals surface area (Å²) in [6, 6.07) is 3.13. The normalized spacial score (nSPS) is 16.9. The lowest BCUT2D eigenvalue weighted by Gasteiger charge is -2.37. The van der Waals surface area contributed by atoms with E-state index in [2.05, 4.69) is 46.4 Å². The number of nitrogens with zero attached hydrogens (tertiary/aromatic N) is 9. The summed E-state index contributed by atoms with van der Waals surface area (Å²) in [6.07, 6.45) is 9.03. The van der Waals surface area contributed by atoms with Gasteiger partial charge in [0.25, 0.3) is 0 Å². The molecule has 12 N–H and O–H groups in total. The molecule has 0 saturated carbocycles. The molecule has 0 bridgehead atoms. The molecule has 2 saturated heterocycles. The molecule has 1 aromatic heterocycles. The molecule has 2 aliphatic rings. The van der Waals surface area contributed by atoms with Gasteiger partial charge < -0.3 is 67.2 Å². The van der Waals surface area contributed by atoms with E-state index in [1.807, 2.05) is 24.3 Å². The Morgan fingerprint density at radius 2 is 1.04 bits per heavy atom. The highest BCUT2D eigenvalue weighted by Gasteiger charge is 2.29. The van der Waals surface area contributed by atoms with Gasteiger partial charge in [0.15, 0.2) is 0 Å². The minimum absolute atomic E-state index is 0.0490. The van der Waals surface area contributed by atoms with Gasteiger partial charge in [0.2, 0.25) is 23.8 Å². The molecule has 2 aliphatic heterocycles. The molecule has 4 rings (SSSR count). The van der Waals surface area contributed by atoms with Crippen molar-refractivity contribution in [2.75, 3.05) is 134 Å². The van der Waals surface area contributed by atoms with Crippen LogP contribution in [0.25, 0.3) is 0 Å². The van der Waals surface area contributed by atoms with E-state index >= 15 is 0 Å². The third-order valence-electron chi connectivity index (χ3n) is 14.5. The molecule has 30 heteroatoms. The van der Waals surface area contributed by atoms with Gasteiger partial charge in [-0.25, -0.2) is 14.4 Å². The third-order valence-corrected chi connectivity index (χ3v) is 14.5. The molecule has 30 nitrogen and oxygen atoms in total. The van der Waals surface area contributed by atoms with Crippen LogP contribution in [-0.4, -0.2) is 265 Å². The van der Waals surface area contributed by atoms with Crippen molar-refractivity contribution in [3.63, 3.8) is 0 Å². The number of piperazine rings is 1. The molecule has 3 heterocycles. The number of rotatable bonds is 37. The smallest absolute Gasteiger partial charge is 0.326 e. The molecule has 468 valence electrons. The first-order valence-corrected chi connectivity index (χ1v) is 28.7. The molecule has 0 spiro atoms. The van der Waals surface area contributed by atoms with Crippen LogP contribution in [0.1, 0.15) is 95.5 Å². The molecular formula is C54H86N14O16. The molecule has 84 heavy (non-hydrogen) atoms. The average molecular weight is 1190 g/mol. The quantitative estimate of drug-likeness (QED) is 0.0422. The predicted molar refractivity (Wildman–Crippen MR) is 306 cm³/mol. The van der Waals surface area contributed by atoms with Gasteiger partial charge in [-0.2, -0.15) is 15.0 Å². The van der Waals surface area contributed by atoms with E-state index in [1.54, 1.807) is 26.6 Å². The van der Waals surface area contributed by atoms with Crippen molar-refractivity contribution < 1.29 is 78.9 Å². The maximum atomic E-state index is 12.3. The van der Waals surface area contributed by atoms with Crippen LogP contribution in [0.4, 0.5) is 28.3 Å². The average Bonchev–Trinajstić information content (AvgIpc) is 3.47. The fourth-order valence-corrected chi connectivity index (χ4v) is 9.94. The Hall–Kier alpha value is -7.54. The van der Waals surface area contributed by atoms with E-state index in [-0.39, 0.29) is 90.7 Å². The molecule has 3 amide bonds. The van der Waals surface area contributed by atoms with E-state index in [1.165, 1.54) is 0 Å². The summed E-state index contributed by atoms with van der Waals surface area (Å²) < 4.78 is 0. The van der Waals surface area contributed by atoms with Gasteiger partial charge in [0.1, 0.15) is 12.1 Å². The number of nitrogens with one attached hydrogen (secondary N) is 5. The molecule has 2 aromatic rings. The largest absolute Gasteiger partial charge is 0.481 e. The second kappa shape index (κ2) is 37.6. The van der Waals surface area contributed by atoms with Gasteiger partial charge in [0.05, 0.1) is 26.2 Å². The lowest BCUT2D eigenvalue weighted by Crippen LogP contribution is -2.53. The second-order valence-electron chi connectivity index (χ2n) is 21.1. The number of aromatic nitrogens is 3. The number of carboxylic acid groups (broad SMARTS) is 7. The van der Waals surface area contributed by atoms with Crippen LogP contribution in [0.15, 0.2) is 24.3 Å². The Labute approximate surface area is 488 Å². The Balaban J connectivity index is 1.16. The van der Waals surface area contributed by atoms with E-state index in [9.17, 15) is 73.8 Å². The molecule has 2 fully saturated rings. The van der Waals surface area contributed by atoms with Crippen molar-refractivity contribution in [1.29, 1.82) is 0 Å². The number of hydrogen-bond acceptors (Lipinski definition) is 20. The van der Waals surface area contributed by atoms with E-state index in [0.717, 1.165) is 89.7 Å². The van der Waals surface area contributed by atoms with Gasteiger partial charge in [0, 0.05) is 110 Å². The van der Waals surface area contributed by atoms with Crippen LogP contribution in [0, 0.1) is 0 Å². The molecule has 3 atom stereocenters. The summed E-state index contributed by atoms with van der Waals surface area (Å²) in [5.74, 6) is -7.14. The summed E-state index contributed by atoms with van der Waals surface area (Å²) >= 11 is 0. The summed E-state index contributed by atoms with van der Waals surface area (Å²) in [5.41, 5.74) is 1.51. The van der Waals surface area contributed by atoms with Gasteiger partial charge in [-0.15, -0.1) is 0 Å². The Morgan fingerprint density at radius 1 is 0.524 bits per heavy atom. The Morgan fingerprint density at radius 3 is 1.60 bits per heavy atom. The van der Waals surface area contributed by atoms with Crippen LogP contribution >= 0.6 is 0 Å². The van der Waals surface area contributed by atoms with Crippen molar-refractivity contribution >= 4 is 77.3 Å².